The van der Waals surface area contributed by atoms with Crippen molar-refractivity contribution < 1.29 is 9.90 Å². The van der Waals surface area contributed by atoms with Crippen LogP contribution in [0.2, 0.25) is 0 Å². The van der Waals surface area contributed by atoms with E-state index in [2.05, 4.69) is 10.6 Å². The van der Waals surface area contributed by atoms with Gasteiger partial charge in [0.15, 0.2) is 0 Å². The van der Waals surface area contributed by atoms with E-state index in [4.69, 9.17) is 10.4 Å². The highest BCUT2D eigenvalue weighted by molar-refractivity contribution is 5.84. The third-order valence-corrected chi connectivity index (χ3v) is 3.17. The summed E-state index contributed by atoms with van der Waals surface area (Å²) in [5.74, 6) is -0.777. The van der Waals surface area contributed by atoms with Crippen molar-refractivity contribution >= 4 is 16.9 Å². The molecule has 1 heterocycles. The predicted molar refractivity (Wildman–Crippen MR) is 72.7 cm³/mol. The number of aryl methyl sites for hydroxylation is 2. The summed E-state index contributed by atoms with van der Waals surface area (Å²) in [6.45, 7) is 0.793. The molecule has 0 saturated carbocycles. The summed E-state index contributed by atoms with van der Waals surface area (Å²) < 4.78 is 2.11. The number of carboxylic acid groups (broad SMARTS) is 1. The number of nitriles is 1. The quantitative estimate of drug-likeness (QED) is 0.808. The first kappa shape index (κ1) is 13.2. The van der Waals surface area contributed by atoms with Gasteiger partial charge in [-0.05, 0) is 24.5 Å². The number of aliphatic carboxylic acids is 1. The molecule has 0 radical (unpaired) electrons. The number of fused-ring (bicyclic) bond motifs is 1. The van der Waals surface area contributed by atoms with Crippen molar-refractivity contribution in [2.45, 2.75) is 32.2 Å². The highest BCUT2D eigenvalue weighted by atomic mass is 16.4. The molecular weight excluding hydrogens is 240 g/mol. The van der Waals surface area contributed by atoms with Gasteiger partial charge in [-0.1, -0.05) is 18.2 Å². The molecule has 0 aliphatic rings. The van der Waals surface area contributed by atoms with Gasteiger partial charge in [0.2, 0.25) is 0 Å². The average Bonchev–Trinajstić information content (AvgIpc) is 2.76. The molecule has 4 heteroatoms. The van der Waals surface area contributed by atoms with Crippen molar-refractivity contribution in [3.8, 4) is 6.07 Å². The van der Waals surface area contributed by atoms with Crippen LogP contribution in [0, 0.1) is 11.3 Å². The third-order valence-electron chi connectivity index (χ3n) is 3.17. The summed E-state index contributed by atoms with van der Waals surface area (Å²) in [5, 5.41) is 18.5. The van der Waals surface area contributed by atoms with Crippen molar-refractivity contribution in [3.05, 3.63) is 36.0 Å². The van der Waals surface area contributed by atoms with E-state index in [-0.39, 0.29) is 6.42 Å². The second kappa shape index (κ2) is 6.05. The molecule has 1 N–H and O–H groups in total. The first-order valence-electron chi connectivity index (χ1n) is 6.38. The number of carbonyl (C=O) groups is 1. The van der Waals surface area contributed by atoms with Crippen molar-refractivity contribution in [1.82, 2.24) is 4.57 Å². The Morgan fingerprint density at radius 3 is 2.89 bits per heavy atom. The fourth-order valence-corrected chi connectivity index (χ4v) is 2.28. The fraction of sp³-hybridized carbons (Fsp3) is 0.333. The third kappa shape index (κ3) is 3.14. The second-order valence-corrected chi connectivity index (χ2v) is 4.52. The van der Waals surface area contributed by atoms with Gasteiger partial charge in [-0.25, -0.2) is 0 Å². The maximum atomic E-state index is 10.7. The van der Waals surface area contributed by atoms with Gasteiger partial charge in [-0.3, -0.25) is 4.79 Å². The smallest absolute Gasteiger partial charge is 0.303 e. The molecule has 0 saturated heterocycles. The Bertz CT molecular complexity index is 623. The van der Waals surface area contributed by atoms with Crippen LogP contribution in [0.15, 0.2) is 30.5 Å². The van der Waals surface area contributed by atoms with Gasteiger partial charge < -0.3 is 9.67 Å². The van der Waals surface area contributed by atoms with Crippen LogP contribution in [0.3, 0.4) is 0 Å². The minimum absolute atomic E-state index is 0.145. The van der Waals surface area contributed by atoms with Crippen LogP contribution >= 0.6 is 0 Å². The highest BCUT2D eigenvalue weighted by Gasteiger charge is 2.09. The Hall–Kier alpha value is -2.28. The minimum Gasteiger partial charge on any atom is -0.481 e. The topological polar surface area (TPSA) is 66.0 Å². The minimum atomic E-state index is -0.777. The second-order valence-electron chi connectivity index (χ2n) is 4.52. The average molecular weight is 256 g/mol. The van der Waals surface area contributed by atoms with E-state index < -0.39 is 5.97 Å². The lowest BCUT2D eigenvalue weighted by Crippen LogP contribution is -1.97. The number of rotatable bonds is 6. The van der Waals surface area contributed by atoms with Crippen LogP contribution < -0.4 is 0 Å². The number of hydrogen-bond acceptors (Lipinski definition) is 2. The number of aromatic nitrogens is 1. The van der Waals surface area contributed by atoms with E-state index in [1.54, 1.807) is 0 Å². The molecule has 19 heavy (non-hydrogen) atoms. The summed E-state index contributed by atoms with van der Waals surface area (Å²) in [6.07, 6.45) is 4.06. The lowest BCUT2D eigenvalue weighted by molar-refractivity contribution is -0.136. The van der Waals surface area contributed by atoms with Crippen molar-refractivity contribution in [3.63, 3.8) is 0 Å². The molecule has 0 fully saturated rings. The number of nitrogens with zero attached hydrogens (tertiary/aromatic N) is 2. The lowest BCUT2D eigenvalue weighted by Gasteiger charge is -2.02. The first-order valence-corrected chi connectivity index (χ1v) is 6.38. The summed E-state index contributed by atoms with van der Waals surface area (Å²) in [5.41, 5.74) is 2.18. The van der Waals surface area contributed by atoms with Crippen LogP contribution in [0.25, 0.3) is 10.9 Å². The van der Waals surface area contributed by atoms with Gasteiger partial charge in [0, 0.05) is 36.5 Å². The highest BCUT2D eigenvalue weighted by Crippen LogP contribution is 2.23. The molecule has 0 spiro atoms. The van der Waals surface area contributed by atoms with Crippen LogP contribution in [-0.2, 0) is 17.8 Å². The molecule has 2 rings (SSSR count). The normalized spacial score (nSPS) is 10.5. The summed E-state index contributed by atoms with van der Waals surface area (Å²) in [4.78, 5) is 10.7. The van der Waals surface area contributed by atoms with Crippen molar-refractivity contribution in [2.75, 3.05) is 0 Å². The zero-order valence-corrected chi connectivity index (χ0v) is 10.7. The van der Waals surface area contributed by atoms with Gasteiger partial charge in [0.25, 0.3) is 0 Å². The Balaban J connectivity index is 2.26. The van der Waals surface area contributed by atoms with Crippen LogP contribution in [0.1, 0.15) is 24.8 Å². The molecule has 0 atom stereocenters. The summed E-state index contributed by atoms with van der Waals surface area (Å²) in [6, 6.07) is 10.1. The molecule has 1 aromatic heterocycles. The molecule has 0 amide bonds. The zero-order chi connectivity index (χ0) is 13.7. The van der Waals surface area contributed by atoms with E-state index in [0.29, 0.717) is 12.8 Å². The first-order chi connectivity index (χ1) is 9.22. The van der Waals surface area contributed by atoms with Crippen molar-refractivity contribution in [2.24, 2.45) is 0 Å². The Labute approximate surface area is 111 Å². The molecule has 98 valence electrons. The van der Waals surface area contributed by atoms with Gasteiger partial charge in [-0.15, -0.1) is 0 Å². The number of para-hydroxylation sites is 1. The maximum Gasteiger partial charge on any atom is 0.303 e. The number of benzene rings is 1. The lowest BCUT2D eigenvalue weighted by atomic mass is 10.1. The predicted octanol–water partition coefficient (Wildman–Crippen LogP) is 2.96. The molecule has 0 bridgehead atoms. The zero-order valence-electron chi connectivity index (χ0n) is 10.7. The largest absolute Gasteiger partial charge is 0.481 e. The SMILES string of the molecule is N#CCCCn1cc(CCC(=O)O)c2ccccc21. The molecule has 2 aromatic rings. The summed E-state index contributed by atoms with van der Waals surface area (Å²) in [7, 11) is 0. The number of hydrogen-bond donors (Lipinski definition) is 1. The molecule has 4 nitrogen and oxygen atoms in total. The summed E-state index contributed by atoms with van der Waals surface area (Å²) >= 11 is 0. The fourth-order valence-electron chi connectivity index (χ4n) is 2.28. The van der Waals surface area contributed by atoms with Gasteiger partial charge in [0.05, 0.1) is 6.07 Å². The van der Waals surface area contributed by atoms with Crippen LogP contribution in [-0.4, -0.2) is 15.6 Å². The van der Waals surface area contributed by atoms with Gasteiger partial charge >= 0.3 is 5.97 Å². The number of unbranched alkanes of at least 4 members (excludes halogenated alkanes) is 1. The van der Waals surface area contributed by atoms with Gasteiger partial charge in [0.1, 0.15) is 0 Å². The van der Waals surface area contributed by atoms with E-state index in [9.17, 15) is 4.79 Å². The molecular formula is C15H16N2O2. The Morgan fingerprint density at radius 1 is 1.37 bits per heavy atom. The Morgan fingerprint density at radius 2 is 2.16 bits per heavy atom. The van der Waals surface area contributed by atoms with Crippen LogP contribution in [0.4, 0.5) is 0 Å². The molecule has 0 unspecified atom stereocenters. The van der Waals surface area contributed by atoms with E-state index in [1.807, 2.05) is 30.5 Å². The monoisotopic (exact) mass is 256 g/mol. The van der Waals surface area contributed by atoms with Gasteiger partial charge in [-0.2, -0.15) is 5.26 Å². The number of carboxylic acids is 1. The van der Waals surface area contributed by atoms with E-state index in [0.717, 1.165) is 29.4 Å². The maximum absolute atomic E-state index is 10.7. The van der Waals surface area contributed by atoms with E-state index in [1.165, 1.54) is 0 Å². The van der Waals surface area contributed by atoms with E-state index >= 15 is 0 Å². The Kier molecular flexibility index (Phi) is 4.19. The van der Waals surface area contributed by atoms with Crippen LogP contribution in [0.5, 0.6) is 0 Å². The molecule has 0 aliphatic heterocycles. The van der Waals surface area contributed by atoms with Crippen molar-refractivity contribution in [1.29, 1.82) is 5.26 Å². The molecule has 1 aromatic carbocycles. The standard InChI is InChI=1S/C15H16N2O2/c16-9-3-4-10-17-11-12(7-8-15(18)19)13-5-1-2-6-14(13)17/h1-2,5-6,11H,3-4,7-8,10H2,(H,18,19). The molecule has 0 aliphatic carbocycles.